The summed E-state index contributed by atoms with van der Waals surface area (Å²) < 4.78 is 33.8. The fraction of sp³-hybridized carbons (Fsp3) is 0.300. The SMILES string of the molecule is CC1Cc2ccccc2N1NC(=O)c1ccc(Cl)c(S(=O)(=O)N(CCc2ccc(C(=O)O)cc2)C(=O)OC(C)(C)C)c1. The second-order valence-corrected chi connectivity index (χ2v) is 13.2. The van der Waals surface area contributed by atoms with E-state index in [1.165, 1.54) is 24.3 Å². The monoisotopic (exact) mass is 613 g/mol. The third kappa shape index (κ3) is 6.85. The molecule has 1 atom stereocenters. The van der Waals surface area contributed by atoms with Crippen LogP contribution in [0.4, 0.5) is 10.5 Å². The molecule has 0 spiro atoms. The number of rotatable bonds is 8. The molecule has 0 radical (unpaired) electrons. The summed E-state index contributed by atoms with van der Waals surface area (Å²) in [4.78, 5) is 37.2. The van der Waals surface area contributed by atoms with Crippen molar-refractivity contribution >= 4 is 45.3 Å². The molecular formula is C30H32ClN3O7S. The van der Waals surface area contributed by atoms with Gasteiger partial charge in [0.1, 0.15) is 10.5 Å². The van der Waals surface area contributed by atoms with Crippen LogP contribution in [-0.2, 0) is 27.6 Å². The van der Waals surface area contributed by atoms with Crippen molar-refractivity contribution in [2.75, 3.05) is 11.6 Å². The maximum atomic E-state index is 13.9. The van der Waals surface area contributed by atoms with Gasteiger partial charge in [0.25, 0.3) is 15.9 Å². The standard InChI is InChI=1S/C30H32ClN3O7S/c1-19-17-22-7-5-6-8-25(22)34(19)32-27(35)23-13-14-24(31)26(18-23)42(39,40)33(29(38)41-30(2,3)4)16-15-20-9-11-21(12-10-20)28(36)37/h5-14,18-19H,15-17H2,1-4H3,(H,32,35)(H,36,37). The Morgan fingerprint density at radius 2 is 1.69 bits per heavy atom. The van der Waals surface area contributed by atoms with Crippen LogP contribution in [0.15, 0.2) is 71.6 Å². The minimum atomic E-state index is -4.60. The molecule has 0 bridgehead atoms. The van der Waals surface area contributed by atoms with E-state index in [4.69, 9.17) is 21.4 Å². The lowest BCUT2D eigenvalue weighted by molar-refractivity contribution is 0.0392. The summed E-state index contributed by atoms with van der Waals surface area (Å²) in [5.41, 5.74) is 4.49. The second-order valence-electron chi connectivity index (χ2n) is 10.9. The number of anilines is 1. The lowest BCUT2D eigenvalue weighted by Gasteiger charge is -2.28. The molecule has 0 fully saturated rings. The predicted molar refractivity (Wildman–Crippen MR) is 158 cm³/mol. The lowest BCUT2D eigenvalue weighted by Crippen LogP contribution is -2.45. The highest BCUT2D eigenvalue weighted by molar-refractivity contribution is 7.89. The van der Waals surface area contributed by atoms with Crippen molar-refractivity contribution in [3.63, 3.8) is 0 Å². The molecule has 1 heterocycles. The molecule has 10 nitrogen and oxygen atoms in total. The summed E-state index contributed by atoms with van der Waals surface area (Å²) in [6.45, 7) is 6.46. The van der Waals surface area contributed by atoms with Crippen LogP contribution in [0, 0.1) is 0 Å². The minimum absolute atomic E-state index is 0.0194. The molecule has 1 unspecified atom stereocenters. The minimum Gasteiger partial charge on any atom is -0.478 e. The largest absolute Gasteiger partial charge is 0.478 e. The van der Waals surface area contributed by atoms with Crippen LogP contribution in [0.2, 0.25) is 5.02 Å². The van der Waals surface area contributed by atoms with Gasteiger partial charge < -0.3 is 9.84 Å². The van der Waals surface area contributed by atoms with Gasteiger partial charge in [-0.2, -0.15) is 0 Å². The van der Waals surface area contributed by atoms with Gasteiger partial charge in [-0.15, -0.1) is 0 Å². The Bertz CT molecular complexity index is 1620. The number of carbonyl (C=O) groups is 3. The number of amides is 2. The van der Waals surface area contributed by atoms with E-state index < -0.39 is 38.5 Å². The Morgan fingerprint density at radius 1 is 1.05 bits per heavy atom. The maximum absolute atomic E-state index is 13.9. The van der Waals surface area contributed by atoms with Gasteiger partial charge in [0.2, 0.25) is 0 Å². The van der Waals surface area contributed by atoms with Gasteiger partial charge in [0.05, 0.1) is 22.3 Å². The van der Waals surface area contributed by atoms with Crippen molar-refractivity contribution in [2.45, 2.75) is 57.1 Å². The number of aromatic carboxylic acids is 1. The number of hydrogen-bond acceptors (Lipinski definition) is 7. The molecule has 0 saturated carbocycles. The first-order valence-corrected chi connectivity index (χ1v) is 15.0. The van der Waals surface area contributed by atoms with E-state index in [1.54, 1.807) is 37.9 Å². The quantitative estimate of drug-likeness (QED) is 0.350. The zero-order valence-electron chi connectivity index (χ0n) is 23.6. The summed E-state index contributed by atoms with van der Waals surface area (Å²) in [7, 11) is -4.60. The summed E-state index contributed by atoms with van der Waals surface area (Å²) in [6.07, 6.45) is -0.304. The fourth-order valence-corrected chi connectivity index (χ4v) is 6.34. The number of carbonyl (C=O) groups excluding carboxylic acids is 2. The van der Waals surface area contributed by atoms with E-state index in [-0.39, 0.29) is 35.2 Å². The van der Waals surface area contributed by atoms with Crippen LogP contribution in [0.25, 0.3) is 0 Å². The predicted octanol–water partition coefficient (Wildman–Crippen LogP) is 5.30. The first-order chi connectivity index (χ1) is 19.7. The highest BCUT2D eigenvalue weighted by Crippen LogP contribution is 2.31. The topological polar surface area (TPSA) is 133 Å². The van der Waals surface area contributed by atoms with E-state index in [9.17, 15) is 22.8 Å². The molecule has 0 saturated heterocycles. The summed E-state index contributed by atoms with van der Waals surface area (Å²) >= 11 is 6.34. The highest BCUT2D eigenvalue weighted by Gasteiger charge is 2.35. The number of sulfonamides is 1. The molecule has 2 amide bonds. The molecule has 4 rings (SSSR count). The van der Waals surface area contributed by atoms with E-state index in [2.05, 4.69) is 5.43 Å². The molecule has 3 aromatic carbocycles. The number of ether oxygens (including phenoxy) is 1. The van der Waals surface area contributed by atoms with Gasteiger partial charge in [0, 0.05) is 12.1 Å². The number of carboxylic acids is 1. The van der Waals surface area contributed by atoms with Crippen molar-refractivity contribution < 1.29 is 32.6 Å². The van der Waals surface area contributed by atoms with Crippen molar-refractivity contribution in [3.05, 3.63) is 94.0 Å². The van der Waals surface area contributed by atoms with E-state index in [1.807, 2.05) is 31.2 Å². The Balaban J connectivity index is 1.63. The number of hydrogen-bond donors (Lipinski definition) is 2. The van der Waals surface area contributed by atoms with E-state index in [0.717, 1.165) is 23.7 Å². The Labute approximate surface area is 249 Å². The van der Waals surface area contributed by atoms with Crippen LogP contribution < -0.4 is 10.4 Å². The van der Waals surface area contributed by atoms with Crippen LogP contribution in [0.3, 0.4) is 0 Å². The van der Waals surface area contributed by atoms with Crippen molar-refractivity contribution in [2.24, 2.45) is 0 Å². The smallest absolute Gasteiger partial charge is 0.424 e. The highest BCUT2D eigenvalue weighted by atomic mass is 35.5. The second kappa shape index (κ2) is 12.0. The molecule has 0 aliphatic carbocycles. The van der Waals surface area contributed by atoms with Gasteiger partial charge in [-0.05, 0) is 88.1 Å². The third-order valence-corrected chi connectivity index (χ3v) is 8.84. The van der Waals surface area contributed by atoms with Crippen molar-refractivity contribution in [1.82, 2.24) is 9.73 Å². The van der Waals surface area contributed by atoms with E-state index >= 15 is 0 Å². The molecule has 3 aromatic rings. The molecule has 222 valence electrons. The van der Waals surface area contributed by atoms with Crippen molar-refractivity contribution in [1.29, 1.82) is 0 Å². The molecule has 1 aliphatic rings. The van der Waals surface area contributed by atoms with Gasteiger partial charge >= 0.3 is 12.1 Å². The summed E-state index contributed by atoms with van der Waals surface area (Å²) in [5, 5.41) is 10.7. The van der Waals surface area contributed by atoms with Crippen LogP contribution in [-0.4, -0.2) is 54.0 Å². The number of para-hydroxylation sites is 1. The Morgan fingerprint density at radius 3 is 2.33 bits per heavy atom. The number of hydrazine groups is 1. The number of fused-ring (bicyclic) bond motifs is 1. The van der Waals surface area contributed by atoms with E-state index in [0.29, 0.717) is 9.87 Å². The number of halogens is 1. The zero-order chi connectivity index (χ0) is 30.8. The fourth-order valence-electron chi connectivity index (χ4n) is 4.54. The number of nitrogens with one attached hydrogen (secondary N) is 1. The number of benzene rings is 3. The average molecular weight is 614 g/mol. The Hall–Kier alpha value is -4.09. The first kappa shape index (κ1) is 30.9. The Kier molecular flexibility index (Phi) is 8.84. The normalized spacial score (nSPS) is 14.7. The molecule has 0 aromatic heterocycles. The zero-order valence-corrected chi connectivity index (χ0v) is 25.2. The van der Waals surface area contributed by atoms with Gasteiger partial charge in [-0.3, -0.25) is 15.2 Å². The molecule has 2 N–H and O–H groups in total. The maximum Gasteiger partial charge on any atom is 0.424 e. The first-order valence-electron chi connectivity index (χ1n) is 13.2. The molecule has 1 aliphatic heterocycles. The van der Waals surface area contributed by atoms with Crippen LogP contribution in [0.5, 0.6) is 0 Å². The van der Waals surface area contributed by atoms with Gasteiger partial charge in [-0.25, -0.2) is 22.3 Å². The molecular weight excluding hydrogens is 582 g/mol. The van der Waals surface area contributed by atoms with Crippen molar-refractivity contribution in [3.8, 4) is 0 Å². The summed E-state index contributed by atoms with van der Waals surface area (Å²) in [5.74, 6) is -1.64. The van der Waals surface area contributed by atoms with Gasteiger partial charge in [0.15, 0.2) is 0 Å². The third-order valence-electron chi connectivity index (χ3n) is 6.59. The number of carboxylic acid groups (broad SMARTS) is 1. The van der Waals surface area contributed by atoms with Crippen LogP contribution in [0.1, 0.15) is 59.5 Å². The molecule has 42 heavy (non-hydrogen) atoms. The summed E-state index contributed by atoms with van der Waals surface area (Å²) in [6, 6.07) is 17.4. The number of nitrogens with zero attached hydrogens (tertiary/aromatic N) is 2. The van der Waals surface area contributed by atoms with Gasteiger partial charge in [-0.1, -0.05) is 41.9 Å². The van der Waals surface area contributed by atoms with Crippen LogP contribution >= 0.6 is 11.6 Å². The molecule has 12 heteroatoms. The average Bonchev–Trinajstić information content (AvgIpc) is 3.22. The lowest BCUT2D eigenvalue weighted by atomic mass is 10.1.